The zero-order valence-electron chi connectivity index (χ0n) is 7.82. The Balaban J connectivity index is 2.56. The Labute approximate surface area is 77.6 Å². The van der Waals surface area contributed by atoms with E-state index in [4.69, 9.17) is 11.5 Å². The molecular formula is C8H15N5. The zero-order valence-corrected chi connectivity index (χ0v) is 7.82. The van der Waals surface area contributed by atoms with Crippen LogP contribution in [0.2, 0.25) is 0 Å². The number of rotatable bonds is 4. The van der Waals surface area contributed by atoms with Gasteiger partial charge in [0.05, 0.1) is 0 Å². The van der Waals surface area contributed by atoms with Gasteiger partial charge in [0, 0.05) is 6.42 Å². The molecular weight excluding hydrogens is 166 g/mol. The number of nitrogens with zero attached hydrogens (tertiary/aromatic N) is 3. The summed E-state index contributed by atoms with van der Waals surface area (Å²) in [5.74, 6) is 1.11. The Morgan fingerprint density at radius 1 is 1.00 bits per heavy atom. The Morgan fingerprint density at radius 2 is 1.62 bits per heavy atom. The highest BCUT2D eigenvalue weighted by Gasteiger charge is 2.00. The summed E-state index contributed by atoms with van der Waals surface area (Å²) < 4.78 is 0. The summed E-state index contributed by atoms with van der Waals surface area (Å²) in [6, 6.07) is 0. The summed E-state index contributed by atoms with van der Waals surface area (Å²) >= 11 is 0. The van der Waals surface area contributed by atoms with E-state index in [0.717, 1.165) is 12.8 Å². The molecule has 0 atom stereocenters. The highest BCUT2D eigenvalue weighted by Crippen LogP contribution is 2.04. The van der Waals surface area contributed by atoms with E-state index in [1.165, 1.54) is 12.8 Å². The van der Waals surface area contributed by atoms with Gasteiger partial charge in [0.1, 0.15) is 5.82 Å². The van der Waals surface area contributed by atoms with Gasteiger partial charge in [-0.2, -0.15) is 15.0 Å². The normalized spacial score (nSPS) is 10.2. The number of hydrogen-bond acceptors (Lipinski definition) is 5. The molecule has 0 unspecified atom stereocenters. The van der Waals surface area contributed by atoms with Gasteiger partial charge >= 0.3 is 0 Å². The molecule has 1 rings (SSSR count). The van der Waals surface area contributed by atoms with Gasteiger partial charge in [-0.05, 0) is 6.42 Å². The van der Waals surface area contributed by atoms with Crippen molar-refractivity contribution in [1.29, 1.82) is 0 Å². The highest BCUT2D eigenvalue weighted by molar-refractivity contribution is 5.25. The zero-order chi connectivity index (χ0) is 9.68. The van der Waals surface area contributed by atoms with Gasteiger partial charge in [-0.15, -0.1) is 0 Å². The lowest BCUT2D eigenvalue weighted by Crippen LogP contribution is -2.06. The summed E-state index contributed by atoms with van der Waals surface area (Å²) in [6.45, 7) is 2.15. The minimum atomic E-state index is 0.207. The molecule has 0 radical (unpaired) electrons. The number of hydrogen-bond donors (Lipinski definition) is 2. The van der Waals surface area contributed by atoms with Crippen LogP contribution in [0, 0.1) is 0 Å². The molecule has 13 heavy (non-hydrogen) atoms. The van der Waals surface area contributed by atoms with Crippen LogP contribution >= 0.6 is 0 Å². The maximum Gasteiger partial charge on any atom is 0.225 e. The largest absolute Gasteiger partial charge is 0.368 e. The third-order valence-electron chi connectivity index (χ3n) is 1.72. The Morgan fingerprint density at radius 3 is 2.15 bits per heavy atom. The molecule has 0 aliphatic rings. The van der Waals surface area contributed by atoms with Gasteiger partial charge in [0.15, 0.2) is 0 Å². The fraction of sp³-hybridized carbons (Fsp3) is 0.625. The molecule has 0 saturated heterocycles. The summed E-state index contributed by atoms with van der Waals surface area (Å²) in [5, 5.41) is 0. The minimum Gasteiger partial charge on any atom is -0.368 e. The Bertz CT molecular complexity index is 253. The quantitative estimate of drug-likeness (QED) is 0.669. The van der Waals surface area contributed by atoms with Crippen LogP contribution in [0.25, 0.3) is 0 Å². The van der Waals surface area contributed by atoms with E-state index < -0.39 is 0 Å². The van der Waals surface area contributed by atoms with Gasteiger partial charge in [-0.1, -0.05) is 19.8 Å². The summed E-state index contributed by atoms with van der Waals surface area (Å²) in [6.07, 6.45) is 4.24. The summed E-state index contributed by atoms with van der Waals surface area (Å²) in [7, 11) is 0. The lowest BCUT2D eigenvalue weighted by atomic mass is 10.2. The van der Waals surface area contributed by atoms with Crippen LogP contribution < -0.4 is 11.5 Å². The molecule has 0 aliphatic heterocycles. The Kier molecular flexibility index (Phi) is 3.42. The first kappa shape index (κ1) is 9.70. The first-order chi connectivity index (χ1) is 6.22. The van der Waals surface area contributed by atoms with Crippen LogP contribution in [-0.4, -0.2) is 15.0 Å². The van der Waals surface area contributed by atoms with Crippen molar-refractivity contribution in [3.05, 3.63) is 5.82 Å². The molecule has 1 aromatic heterocycles. The van der Waals surface area contributed by atoms with Gasteiger partial charge in [0.2, 0.25) is 11.9 Å². The first-order valence-corrected chi connectivity index (χ1v) is 4.48. The fourth-order valence-corrected chi connectivity index (χ4v) is 1.10. The van der Waals surface area contributed by atoms with E-state index in [1.807, 2.05) is 0 Å². The van der Waals surface area contributed by atoms with E-state index in [0.29, 0.717) is 5.82 Å². The molecule has 1 heterocycles. The average molecular weight is 181 g/mol. The molecule has 0 aliphatic carbocycles. The van der Waals surface area contributed by atoms with Crippen LogP contribution in [0.5, 0.6) is 0 Å². The van der Waals surface area contributed by atoms with E-state index in [1.54, 1.807) is 0 Å². The van der Waals surface area contributed by atoms with Gasteiger partial charge in [0.25, 0.3) is 0 Å². The van der Waals surface area contributed by atoms with Crippen molar-refractivity contribution in [1.82, 2.24) is 15.0 Å². The second kappa shape index (κ2) is 4.59. The maximum absolute atomic E-state index is 5.42. The van der Waals surface area contributed by atoms with Crippen molar-refractivity contribution in [2.24, 2.45) is 0 Å². The number of aromatic nitrogens is 3. The molecule has 0 bridgehead atoms. The number of nitrogen functional groups attached to an aromatic ring is 2. The molecule has 1 aromatic rings. The predicted molar refractivity (Wildman–Crippen MR) is 51.9 cm³/mol. The Hall–Kier alpha value is -1.39. The fourth-order valence-electron chi connectivity index (χ4n) is 1.10. The molecule has 72 valence electrons. The molecule has 0 saturated carbocycles. The third kappa shape index (κ3) is 3.23. The SMILES string of the molecule is CCCCCc1nc(N)nc(N)n1. The van der Waals surface area contributed by atoms with Crippen LogP contribution in [0.3, 0.4) is 0 Å². The van der Waals surface area contributed by atoms with Crippen LogP contribution in [-0.2, 0) is 6.42 Å². The van der Waals surface area contributed by atoms with Crippen molar-refractivity contribution in [3.8, 4) is 0 Å². The van der Waals surface area contributed by atoms with Crippen molar-refractivity contribution < 1.29 is 0 Å². The minimum absolute atomic E-state index is 0.207. The van der Waals surface area contributed by atoms with Crippen LogP contribution in [0.15, 0.2) is 0 Å². The molecule has 5 heteroatoms. The van der Waals surface area contributed by atoms with Gasteiger partial charge < -0.3 is 11.5 Å². The second-order valence-corrected chi connectivity index (χ2v) is 2.93. The van der Waals surface area contributed by atoms with E-state index in [2.05, 4.69) is 21.9 Å². The van der Waals surface area contributed by atoms with E-state index >= 15 is 0 Å². The molecule has 0 amide bonds. The van der Waals surface area contributed by atoms with E-state index in [-0.39, 0.29) is 11.9 Å². The number of nitrogens with two attached hydrogens (primary N) is 2. The smallest absolute Gasteiger partial charge is 0.225 e. The molecule has 4 N–H and O–H groups in total. The van der Waals surface area contributed by atoms with Gasteiger partial charge in [-0.25, -0.2) is 0 Å². The topological polar surface area (TPSA) is 90.7 Å². The molecule has 0 spiro atoms. The number of anilines is 2. The third-order valence-corrected chi connectivity index (χ3v) is 1.72. The lowest BCUT2D eigenvalue weighted by Gasteiger charge is -2.00. The summed E-state index contributed by atoms with van der Waals surface area (Å²) in [5.41, 5.74) is 10.8. The summed E-state index contributed by atoms with van der Waals surface area (Å²) in [4.78, 5) is 11.7. The molecule has 0 aromatic carbocycles. The van der Waals surface area contributed by atoms with Gasteiger partial charge in [-0.3, -0.25) is 0 Å². The average Bonchev–Trinajstić information content (AvgIpc) is 2.03. The first-order valence-electron chi connectivity index (χ1n) is 4.48. The second-order valence-electron chi connectivity index (χ2n) is 2.93. The standard InChI is InChI=1S/C8H15N5/c1-2-3-4-5-6-11-7(9)13-8(10)12-6/h2-5H2,1H3,(H4,9,10,11,12,13). The molecule has 0 fully saturated rings. The monoisotopic (exact) mass is 181 g/mol. The predicted octanol–water partition coefficient (Wildman–Crippen LogP) is 0.769. The number of unbranched alkanes of at least 4 members (excludes halogenated alkanes) is 2. The highest BCUT2D eigenvalue weighted by atomic mass is 15.1. The van der Waals surface area contributed by atoms with Crippen molar-refractivity contribution in [2.45, 2.75) is 32.6 Å². The molecule has 5 nitrogen and oxygen atoms in total. The van der Waals surface area contributed by atoms with Crippen molar-refractivity contribution in [2.75, 3.05) is 11.5 Å². The number of aryl methyl sites for hydroxylation is 1. The van der Waals surface area contributed by atoms with E-state index in [9.17, 15) is 0 Å². The van der Waals surface area contributed by atoms with Crippen LogP contribution in [0.1, 0.15) is 32.0 Å². The maximum atomic E-state index is 5.42. The van der Waals surface area contributed by atoms with Crippen molar-refractivity contribution in [3.63, 3.8) is 0 Å². The van der Waals surface area contributed by atoms with Crippen molar-refractivity contribution >= 4 is 11.9 Å². The lowest BCUT2D eigenvalue weighted by molar-refractivity contribution is 0.692. The van der Waals surface area contributed by atoms with Crippen LogP contribution in [0.4, 0.5) is 11.9 Å².